The number of ketones is 1. The van der Waals surface area contributed by atoms with Crippen LogP contribution in [-0.2, 0) is 0 Å². The number of anilines is 1. The van der Waals surface area contributed by atoms with Gasteiger partial charge in [0.15, 0.2) is 5.78 Å². The van der Waals surface area contributed by atoms with Crippen LogP contribution in [0, 0.1) is 6.92 Å². The van der Waals surface area contributed by atoms with Crippen LogP contribution >= 0.6 is 22.7 Å². The van der Waals surface area contributed by atoms with Crippen molar-refractivity contribution in [3.8, 4) is 10.4 Å². The van der Waals surface area contributed by atoms with E-state index in [1.54, 1.807) is 14.0 Å². The van der Waals surface area contributed by atoms with Gasteiger partial charge in [-0.25, -0.2) is 0 Å². The van der Waals surface area contributed by atoms with Crippen molar-refractivity contribution in [3.05, 3.63) is 76.0 Å². The van der Waals surface area contributed by atoms with Crippen LogP contribution in [-0.4, -0.2) is 18.7 Å². The van der Waals surface area contributed by atoms with Gasteiger partial charge >= 0.3 is 0 Å². The van der Waals surface area contributed by atoms with Crippen molar-refractivity contribution in [2.75, 3.05) is 12.8 Å². The third-order valence-corrected chi connectivity index (χ3v) is 6.63. The minimum Gasteiger partial charge on any atom is -0.399 e. The Labute approximate surface area is 178 Å². The molecule has 148 valence electrons. The maximum atomic E-state index is 11.4. The average Bonchev–Trinajstić information content (AvgIpc) is 3.35. The number of thiophene rings is 2. The molecule has 0 saturated heterocycles. The van der Waals surface area contributed by atoms with Gasteiger partial charge in [0.05, 0.1) is 9.75 Å². The summed E-state index contributed by atoms with van der Waals surface area (Å²) in [5.41, 5.74) is 8.77. The minimum absolute atomic E-state index is 0.0247. The summed E-state index contributed by atoms with van der Waals surface area (Å²) in [6, 6.07) is 19.7. The molecule has 0 fully saturated rings. The fourth-order valence-electron chi connectivity index (χ4n) is 2.69. The van der Waals surface area contributed by atoms with Gasteiger partial charge in [0.25, 0.3) is 5.91 Å². The van der Waals surface area contributed by atoms with E-state index in [1.807, 2.05) is 36.4 Å². The van der Waals surface area contributed by atoms with E-state index in [2.05, 4.69) is 36.5 Å². The predicted molar refractivity (Wildman–Crippen MR) is 124 cm³/mol. The Kier molecular flexibility index (Phi) is 6.46. The van der Waals surface area contributed by atoms with Gasteiger partial charge in [0, 0.05) is 22.3 Å². The first-order chi connectivity index (χ1) is 13.9. The van der Waals surface area contributed by atoms with Crippen molar-refractivity contribution < 1.29 is 9.59 Å². The Hall–Kier alpha value is -2.96. The molecule has 0 unspecified atom stereocenters. The molecule has 6 heteroatoms. The second-order valence-electron chi connectivity index (χ2n) is 6.57. The van der Waals surface area contributed by atoms with E-state index in [9.17, 15) is 9.59 Å². The van der Waals surface area contributed by atoms with Gasteiger partial charge < -0.3 is 11.1 Å². The summed E-state index contributed by atoms with van der Waals surface area (Å²) in [7, 11) is 1.65. The van der Waals surface area contributed by atoms with Crippen molar-refractivity contribution in [2.45, 2.75) is 13.8 Å². The fraction of sp³-hybridized carbons (Fsp3) is 0.130. The Balaban J connectivity index is 0.000000169. The molecular weight excluding hydrogens is 400 g/mol. The number of amides is 1. The third kappa shape index (κ3) is 5.10. The molecular formula is C23H22N2O2S2. The number of carbonyl (C=O) groups excluding carboxylic acids is 2. The highest BCUT2D eigenvalue weighted by Gasteiger charge is 2.08. The number of hydrogen-bond donors (Lipinski definition) is 2. The highest BCUT2D eigenvalue weighted by Crippen LogP contribution is 2.28. The molecule has 2 heterocycles. The maximum absolute atomic E-state index is 11.4. The number of Topliss-reactive ketones (excluding diaryl/α,β-unsaturated/α-hetero) is 1. The molecule has 0 saturated carbocycles. The van der Waals surface area contributed by atoms with Gasteiger partial charge in [-0.1, -0.05) is 29.8 Å². The molecule has 0 atom stereocenters. The summed E-state index contributed by atoms with van der Waals surface area (Å²) >= 11 is 3.02. The SMILES string of the molecule is CC(=O)c1cc2cc(N)ccc2s1.CNC(=O)c1ccc(-c2ccc(C)cc2)s1. The summed E-state index contributed by atoms with van der Waals surface area (Å²) in [5.74, 6) is 0.0862. The van der Waals surface area contributed by atoms with E-state index < -0.39 is 0 Å². The molecule has 4 nitrogen and oxygen atoms in total. The first kappa shape index (κ1) is 20.8. The Morgan fingerprint density at radius 3 is 2.28 bits per heavy atom. The summed E-state index contributed by atoms with van der Waals surface area (Å²) in [6.45, 7) is 3.64. The van der Waals surface area contributed by atoms with E-state index in [1.165, 1.54) is 28.2 Å². The van der Waals surface area contributed by atoms with Gasteiger partial charge in [-0.2, -0.15) is 0 Å². The molecule has 1 amide bonds. The molecule has 2 aromatic heterocycles. The fourth-order valence-corrected chi connectivity index (χ4v) is 4.59. The smallest absolute Gasteiger partial charge is 0.261 e. The Morgan fingerprint density at radius 1 is 0.897 bits per heavy atom. The van der Waals surface area contributed by atoms with Gasteiger partial charge in [-0.15, -0.1) is 22.7 Å². The van der Waals surface area contributed by atoms with E-state index in [-0.39, 0.29) is 11.7 Å². The number of fused-ring (bicyclic) bond motifs is 1. The minimum atomic E-state index is -0.0247. The van der Waals surface area contributed by atoms with Crippen LogP contribution in [0.25, 0.3) is 20.5 Å². The Bertz CT molecular complexity index is 1160. The molecule has 4 aromatic rings. The molecule has 0 aliphatic carbocycles. The van der Waals surface area contributed by atoms with Crippen LogP contribution in [0.1, 0.15) is 31.8 Å². The number of nitrogens with one attached hydrogen (secondary N) is 1. The molecule has 0 aliphatic rings. The van der Waals surface area contributed by atoms with Crippen molar-refractivity contribution in [3.63, 3.8) is 0 Å². The summed E-state index contributed by atoms with van der Waals surface area (Å²) in [4.78, 5) is 25.2. The van der Waals surface area contributed by atoms with Gasteiger partial charge in [-0.05, 0) is 61.2 Å². The number of nitrogen functional groups attached to an aromatic ring is 1. The van der Waals surface area contributed by atoms with E-state index in [0.717, 1.165) is 36.0 Å². The monoisotopic (exact) mass is 422 g/mol. The van der Waals surface area contributed by atoms with E-state index in [0.29, 0.717) is 0 Å². The number of benzene rings is 2. The Morgan fingerprint density at radius 2 is 1.62 bits per heavy atom. The average molecular weight is 423 g/mol. The number of rotatable bonds is 3. The molecule has 4 rings (SSSR count). The zero-order chi connectivity index (χ0) is 21.0. The first-order valence-corrected chi connectivity index (χ1v) is 10.7. The van der Waals surface area contributed by atoms with Crippen LogP contribution < -0.4 is 11.1 Å². The first-order valence-electron chi connectivity index (χ1n) is 9.06. The van der Waals surface area contributed by atoms with Crippen LogP contribution in [0.5, 0.6) is 0 Å². The lowest BCUT2D eigenvalue weighted by Gasteiger charge is -1.97. The summed E-state index contributed by atoms with van der Waals surface area (Å²) in [5, 5.41) is 3.68. The van der Waals surface area contributed by atoms with Gasteiger partial charge in [-0.3, -0.25) is 9.59 Å². The number of carbonyl (C=O) groups is 2. The van der Waals surface area contributed by atoms with Crippen molar-refractivity contribution in [2.24, 2.45) is 0 Å². The zero-order valence-corrected chi connectivity index (χ0v) is 18.1. The van der Waals surface area contributed by atoms with E-state index in [4.69, 9.17) is 5.73 Å². The summed E-state index contributed by atoms with van der Waals surface area (Å²) in [6.07, 6.45) is 0. The molecule has 0 radical (unpaired) electrons. The van der Waals surface area contributed by atoms with Crippen LogP contribution in [0.15, 0.2) is 60.7 Å². The number of nitrogens with two attached hydrogens (primary N) is 1. The van der Waals surface area contributed by atoms with Crippen molar-refractivity contribution in [1.82, 2.24) is 5.32 Å². The lowest BCUT2D eigenvalue weighted by Crippen LogP contribution is -2.15. The molecule has 2 aromatic carbocycles. The lowest BCUT2D eigenvalue weighted by molar-refractivity contribution is 0.0966. The highest BCUT2D eigenvalue weighted by molar-refractivity contribution is 7.20. The quantitative estimate of drug-likeness (QED) is 0.325. The maximum Gasteiger partial charge on any atom is 0.261 e. The molecule has 3 N–H and O–H groups in total. The topological polar surface area (TPSA) is 72.2 Å². The van der Waals surface area contributed by atoms with E-state index >= 15 is 0 Å². The second kappa shape index (κ2) is 9.03. The van der Waals surface area contributed by atoms with Crippen LogP contribution in [0.2, 0.25) is 0 Å². The summed E-state index contributed by atoms with van der Waals surface area (Å²) < 4.78 is 1.11. The lowest BCUT2D eigenvalue weighted by atomic mass is 10.1. The normalized spacial score (nSPS) is 10.3. The van der Waals surface area contributed by atoms with Gasteiger partial charge in [0.2, 0.25) is 0 Å². The molecule has 29 heavy (non-hydrogen) atoms. The highest BCUT2D eigenvalue weighted by atomic mass is 32.1. The molecule has 0 aliphatic heterocycles. The number of hydrogen-bond acceptors (Lipinski definition) is 5. The van der Waals surface area contributed by atoms with Crippen molar-refractivity contribution in [1.29, 1.82) is 0 Å². The van der Waals surface area contributed by atoms with Crippen LogP contribution in [0.3, 0.4) is 0 Å². The largest absolute Gasteiger partial charge is 0.399 e. The molecule has 0 spiro atoms. The van der Waals surface area contributed by atoms with Crippen LogP contribution in [0.4, 0.5) is 5.69 Å². The van der Waals surface area contributed by atoms with Gasteiger partial charge in [0.1, 0.15) is 0 Å². The standard InChI is InChI=1S/C13H13NOS.C10H9NOS/c1-9-3-5-10(6-4-9)11-7-8-12(16-11)13(15)14-2;1-6(12)10-5-7-4-8(11)2-3-9(7)13-10/h3-8H,1-2H3,(H,14,15);2-5H,11H2,1H3. The second-order valence-corrected chi connectivity index (χ2v) is 8.74. The number of aryl methyl sites for hydroxylation is 1. The third-order valence-electron chi connectivity index (χ3n) is 4.28. The zero-order valence-electron chi connectivity index (χ0n) is 16.5. The molecule has 0 bridgehead atoms. The van der Waals surface area contributed by atoms with Crippen molar-refractivity contribution >= 4 is 50.1 Å². The predicted octanol–water partition coefficient (Wildman–Crippen LogP) is 5.77.